The van der Waals surface area contributed by atoms with Crippen molar-refractivity contribution in [2.45, 2.75) is 25.8 Å². The highest BCUT2D eigenvalue weighted by Crippen LogP contribution is 2.30. The van der Waals surface area contributed by atoms with Crippen molar-refractivity contribution in [3.8, 4) is 11.3 Å². The average molecular weight is 383 g/mol. The maximum Gasteiger partial charge on any atom is 0.257 e. The lowest BCUT2D eigenvalue weighted by atomic mass is 9.90. The first-order valence-electron chi connectivity index (χ1n) is 8.30. The average Bonchev–Trinajstić information content (AvgIpc) is 2.96. The largest absolute Gasteiger partial charge is 0.339 e. The molecule has 0 spiro atoms. The zero-order valence-electron chi connectivity index (χ0n) is 14.5. The van der Waals surface area contributed by atoms with Crippen molar-refractivity contribution in [2.24, 2.45) is 18.7 Å². The topological polar surface area (TPSA) is 64.2 Å². The van der Waals surface area contributed by atoms with Crippen LogP contribution in [0.4, 0.5) is 0 Å². The van der Waals surface area contributed by atoms with Gasteiger partial charge in [-0.25, -0.2) is 0 Å². The highest BCUT2D eigenvalue weighted by atomic mass is 35.5. The molecule has 1 fully saturated rings. The Hall–Kier alpha value is -1.56. The van der Waals surface area contributed by atoms with E-state index in [4.69, 9.17) is 17.3 Å². The Kier molecular flexibility index (Phi) is 6.49. The number of halogens is 2. The molecular formula is C18H24Cl2N4O. The van der Waals surface area contributed by atoms with Crippen LogP contribution in [0.15, 0.2) is 30.5 Å². The molecule has 2 heterocycles. The van der Waals surface area contributed by atoms with Crippen LogP contribution in [0.3, 0.4) is 0 Å². The van der Waals surface area contributed by atoms with Gasteiger partial charge in [0.2, 0.25) is 0 Å². The zero-order chi connectivity index (χ0) is 17.3. The molecule has 3 rings (SSSR count). The Bertz CT molecular complexity index is 736. The van der Waals surface area contributed by atoms with Gasteiger partial charge in [-0.05, 0) is 31.7 Å². The van der Waals surface area contributed by atoms with Gasteiger partial charge >= 0.3 is 0 Å². The van der Waals surface area contributed by atoms with Gasteiger partial charge in [-0.3, -0.25) is 9.48 Å². The number of amides is 1. The molecule has 1 aliphatic heterocycles. The van der Waals surface area contributed by atoms with Crippen molar-refractivity contribution < 1.29 is 4.79 Å². The molecule has 1 atom stereocenters. The Morgan fingerprint density at radius 1 is 1.32 bits per heavy atom. The number of nitrogens with zero attached hydrogens (tertiary/aromatic N) is 3. The van der Waals surface area contributed by atoms with E-state index in [1.54, 1.807) is 10.9 Å². The van der Waals surface area contributed by atoms with E-state index in [2.05, 4.69) is 5.10 Å². The lowest BCUT2D eigenvalue weighted by Gasteiger charge is -2.33. The first-order chi connectivity index (χ1) is 11.5. The minimum Gasteiger partial charge on any atom is -0.339 e. The molecule has 1 aliphatic rings. The molecule has 1 aromatic heterocycles. The van der Waals surface area contributed by atoms with Crippen LogP contribution in [0.5, 0.6) is 0 Å². The standard InChI is InChI=1S/C18H23ClN4O.ClH/c1-12(20)13-7-9-23(10-8-13)18(24)15-11-22(2)21-17(15)14-5-3-4-6-16(14)19;/h3-6,11-13H,7-10,20H2,1-2H3;1H. The van der Waals surface area contributed by atoms with Gasteiger partial charge in [0.25, 0.3) is 5.91 Å². The predicted molar refractivity (Wildman–Crippen MR) is 103 cm³/mol. The summed E-state index contributed by atoms with van der Waals surface area (Å²) >= 11 is 6.30. The molecule has 1 amide bonds. The fourth-order valence-corrected chi connectivity index (χ4v) is 3.52. The summed E-state index contributed by atoms with van der Waals surface area (Å²) in [5, 5.41) is 5.06. The summed E-state index contributed by atoms with van der Waals surface area (Å²) in [7, 11) is 1.82. The molecule has 0 radical (unpaired) electrons. The number of carbonyl (C=O) groups is 1. The van der Waals surface area contributed by atoms with Crippen molar-refractivity contribution in [3.63, 3.8) is 0 Å². The summed E-state index contributed by atoms with van der Waals surface area (Å²) in [6, 6.07) is 7.66. The SMILES string of the molecule is CC(N)C1CCN(C(=O)c2cn(C)nc2-c2ccccc2Cl)CC1.Cl. The summed E-state index contributed by atoms with van der Waals surface area (Å²) in [5.41, 5.74) is 8.02. The number of aryl methyl sites for hydroxylation is 1. The number of aromatic nitrogens is 2. The quantitative estimate of drug-likeness (QED) is 0.884. The maximum absolute atomic E-state index is 13.0. The highest BCUT2D eigenvalue weighted by Gasteiger charge is 2.28. The molecule has 1 unspecified atom stereocenters. The summed E-state index contributed by atoms with van der Waals surface area (Å²) < 4.78 is 1.67. The van der Waals surface area contributed by atoms with E-state index < -0.39 is 0 Å². The second-order valence-corrected chi connectivity index (χ2v) is 6.94. The number of hydrogen-bond donors (Lipinski definition) is 1. The normalized spacial score (nSPS) is 16.4. The molecule has 1 aromatic carbocycles. The minimum atomic E-state index is 0. The second-order valence-electron chi connectivity index (χ2n) is 6.53. The van der Waals surface area contributed by atoms with E-state index in [-0.39, 0.29) is 24.4 Å². The van der Waals surface area contributed by atoms with E-state index in [9.17, 15) is 4.79 Å². The third-order valence-corrected chi connectivity index (χ3v) is 5.09. The van der Waals surface area contributed by atoms with Crippen molar-refractivity contribution in [1.82, 2.24) is 14.7 Å². The molecule has 136 valence electrons. The molecular weight excluding hydrogens is 359 g/mol. The van der Waals surface area contributed by atoms with Crippen LogP contribution in [-0.2, 0) is 7.05 Å². The van der Waals surface area contributed by atoms with Gasteiger partial charge in [-0.2, -0.15) is 5.10 Å². The Morgan fingerprint density at radius 2 is 1.96 bits per heavy atom. The van der Waals surface area contributed by atoms with Crippen LogP contribution >= 0.6 is 24.0 Å². The van der Waals surface area contributed by atoms with Gasteiger partial charge in [0.15, 0.2) is 0 Å². The molecule has 0 bridgehead atoms. The number of nitrogens with two attached hydrogens (primary N) is 1. The Morgan fingerprint density at radius 3 is 2.56 bits per heavy atom. The van der Waals surface area contributed by atoms with Gasteiger partial charge in [-0.15, -0.1) is 12.4 Å². The van der Waals surface area contributed by atoms with Crippen molar-refractivity contribution in [1.29, 1.82) is 0 Å². The van der Waals surface area contributed by atoms with Crippen LogP contribution in [0.2, 0.25) is 5.02 Å². The van der Waals surface area contributed by atoms with Crippen LogP contribution in [0.1, 0.15) is 30.1 Å². The minimum absolute atomic E-state index is 0. The predicted octanol–water partition coefficient (Wildman–Crippen LogP) is 3.36. The lowest BCUT2D eigenvalue weighted by molar-refractivity contribution is 0.0681. The van der Waals surface area contributed by atoms with Crippen molar-refractivity contribution in [2.75, 3.05) is 13.1 Å². The molecule has 0 aliphatic carbocycles. The van der Waals surface area contributed by atoms with Crippen LogP contribution in [0, 0.1) is 5.92 Å². The fourth-order valence-electron chi connectivity index (χ4n) is 3.30. The van der Waals surface area contributed by atoms with Crippen LogP contribution in [0.25, 0.3) is 11.3 Å². The zero-order valence-corrected chi connectivity index (χ0v) is 16.1. The second kappa shape index (κ2) is 8.21. The van der Waals surface area contributed by atoms with Crippen molar-refractivity contribution in [3.05, 3.63) is 41.0 Å². The van der Waals surface area contributed by atoms with E-state index in [0.717, 1.165) is 31.5 Å². The molecule has 0 saturated carbocycles. The maximum atomic E-state index is 13.0. The fraction of sp³-hybridized carbons (Fsp3) is 0.444. The summed E-state index contributed by atoms with van der Waals surface area (Å²) in [5.74, 6) is 0.507. The lowest BCUT2D eigenvalue weighted by Crippen LogP contribution is -2.42. The smallest absolute Gasteiger partial charge is 0.257 e. The highest BCUT2D eigenvalue weighted by molar-refractivity contribution is 6.33. The number of carbonyl (C=O) groups excluding carboxylic acids is 1. The molecule has 7 heteroatoms. The number of piperidine rings is 1. The molecule has 2 aromatic rings. The van der Waals surface area contributed by atoms with E-state index >= 15 is 0 Å². The Labute approximate surface area is 159 Å². The summed E-state index contributed by atoms with van der Waals surface area (Å²) in [6.45, 7) is 3.52. The van der Waals surface area contributed by atoms with Gasteiger partial charge < -0.3 is 10.6 Å². The van der Waals surface area contributed by atoms with E-state index in [1.165, 1.54) is 0 Å². The molecule has 1 saturated heterocycles. The molecule has 25 heavy (non-hydrogen) atoms. The number of likely N-dealkylation sites (tertiary alicyclic amines) is 1. The number of benzene rings is 1. The van der Waals surface area contributed by atoms with Crippen LogP contribution in [-0.4, -0.2) is 39.7 Å². The third-order valence-electron chi connectivity index (χ3n) is 4.76. The van der Waals surface area contributed by atoms with E-state index in [0.29, 0.717) is 22.2 Å². The Balaban J connectivity index is 0.00000225. The first kappa shape index (κ1) is 19.8. The van der Waals surface area contributed by atoms with Crippen LogP contribution < -0.4 is 5.73 Å². The monoisotopic (exact) mass is 382 g/mol. The van der Waals surface area contributed by atoms with Gasteiger partial charge in [0.1, 0.15) is 5.69 Å². The first-order valence-corrected chi connectivity index (χ1v) is 8.68. The summed E-state index contributed by atoms with van der Waals surface area (Å²) in [6.07, 6.45) is 3.68. The number of rotatable bonds is 3. The van der Waals surface area contributed by atoms with Gasteiger partial charge in [0, 0.05) is 37.9 Å². The van der Waals surface area contributed by atoms with Gasteiger partial charge in [0.05, 0.1) is 10.6 Å². The molecule has 2 N–H and O–H groups in total. The molecule has 5 nitrogen and oxygen atoms in total. The number of hydrogen-bond acceptors (Lipinski definition) is 3. The van der Waals surface area contributed by atoms with Crippen molar-refractivity contribution >= 4 is 29.9 Å². The summed E-state index contributed by atoms with van der Waals surface area (Å²) in [4.78, 5) is 14.9. The van der Waals surface area contributed by atoms with E-state index in [1.807, 2.05) is 43.1 Å². The van der Waals surface area contributed by atoms with Gasteiger partial charge in [-0.1, -0.05) is 29.8 Å². The third kappa shape index (κ3) is 4.17.